The number of benzene rings is 1. The van der Waals surface area contributed by atoms with Crippen LogP contribution in [0.15, 0.2) is 29.3 Å². The van der Waals surface area contributed by atoms with Crippen molar-refractivity contribution in [3.63, 3.8) is 0 Å². The molecule has 1 aromatic carbocycles. The van der Waals surface area contributed by atoms with Gasteiger partial charge in [-0.3, -0.25) is 4.99 Å². The number of ether oxygens (including phenoxy) is 1. The summed E-state index contributed by atoms with van der Waals surface area (Å²) >= 11 is 0. The van der Waals surface area contributed by atoms with Crippen molar-refractivity contribution in [1.82, 2.24) is 0 Å². The molecule has 0 radical (unpaired) electrons. The van der Waals surface area contributed by atoms with Gasteiger partial charge in [-0.25, -0.2) is 0 Å². The van der Waals surface area contributed by atoms with E-state index in [0.717, 1.165) is 11.3 Å². The number of nitrogens with zero attached hydrogens (tertiary/aromatic N) is 1. The summed E-state index contributed by atoms with van der Waals surface area (Å²) in [6, 6.07) is 7.14. The lowest BCUT2D eigenvalue weighted by atomic mass is 10.1. The molecule has 0 spiro atoms. The van der Waals surface area contributed by atoms with E-state index >= 15 is 0 Å². The second-order valence-electron chi connectivity index (χ2n) is 4.25. The molecule has 1 aromatic rings. The van der Waals surface area contributed by atoms with Crippen LogP contribution < -0.4 is 0 Å². The number of aliphatic imine (C=N–C) groups is 1. The SMILES string of the molecule is CC1=NC(c2ccccc2O)OC1(C)C. The predicted molar refractivity (Wildman–Crippen MR) is 59.1 cm³/mol. The molecular formula is C12H15NO2. The van der Waals surface area contributed by atoms with Crippen molar-refractivity contribution in [2.75, 3.05) is 0 Å². The first-order chi connectivity index (χ1) is 7.00. The highest BCUT2D eigenvalue weighted by molar-refractivity contribution is 5.91. The average Bonchev–Trinajstić information content (AvgIpc) is 2.42. The van der Waals surface area contributed by atoms with Crippen molar-refractivity contribution < 1.29 is 9.84 Å². The molecule has 15 heavy (non-hydrogen) atoms. The highest BCUT2D eigenvalue weighted by Gasteiger charge is 2.34. The fraction of sp³-hybridized carbons (Fsp3) is 0.417. The van der Waals surface area contributed by atoms with E-state index in [1.165, 1.54) is 0 Å². The number of rotatable bonds is 1. The van der Waals surface area contributed by atoms with E-state index in [9.17, 15) is 5.11 Å². The van der Waals surface area contributed by atoms with Crippen molar-refractivity contribution in [3.05, 3.63) is 29.8 Å². The molecule has 1 atom stereocenters. The Morgan fingerprint density at radius 2 is 2.00 bits per heavy atom. The third-order valence-electron chi connectivity index (χ3n) is 2.79. The van der Waals surface area contributed by atoms with E-state index in [2.05, 4.69) is 4.99 Å². The third-order valence-corrected chi connectivity index (χ3v) is 2.79. The minimum atomic E-state index is -0.374. The summed E-state index contributed by atoms with van der Waals surface area (Å²) in [6.07, 6.45) is -0.374. The van der Waals surface area contributed by atoms with E-state index in [-0.39, 0.29) is 17.6 Å². The molecule has 0 bridgehead atoms. The summed E-state index contributed by atoms with van der Waals surface area (Å²) < 4.78 is 5.76. The zero-order chi connectivity index (χ0) is 11.1. The maximum Gasteiger partial charge on any atom is 0.178 e. The first-order valence-corrected chi connectivity index (χ1v) is 5.01. The second-order valence-corrected chi connectivity index (χ2v) is 4.25. The molecule has 0 saturated heterocycles. The molecule has 3 nitrogen and oxygen atoms in total. The lowest BCUT2D eigenvalue weighted by Gasteiger charge is -2.20. The topological polar surface area (TPSA) is 41.8 Å². The van der Waals surface area contributed by atoms with Crippen molar-refractivity contribution in [2.24, 2.45) is 4.99 Å². The Balaban J connectivity index is 2.33. The fourth-order valence-corrected chi connectivity index (χ4v) is 1.55. The van der Waals surface area contributed by atoms with Gasteiger partial charge >= 0.3 is 0 Å². The lowest BCUT2D eigenvalue weighted by molar-refractivity contribution is -0.00449. The summed E-state index contributed by atoms with van der Waals surface area (Å²) in [5.41, 5.74) is 1.34. The smallest absolute Gasteiger partial charge is 0.178 e. The Kier molecular flexibility index (Phi) is 2.27. The molecule has 1 aliphatic rings. The van der Waals surface area contributed by atoms with Crippen LogP contribution in [0.1, 0.15) is 32.6 Å². The largest absolute Gasteiger partial charge is 0.507 e. The minimum absolute atomic E-state index is 0.233. The standard InChI is InChI=1S/C12H15NO2/c1-8-12(2,3)15-11(13-8)9-6-4-5-7-10(9)14/h4-7,11,14H,1-3H3. The summed E-state index contributed by atoms with van der Waals surface area (Å²) in [6.45, 7) is 5.90. The lowest BCUT2D eigenvalue weighted by Crippen LogP contribution is -2.27. The normalized spacial score (nSPS) is 23.9. The molecule has 0 aromatic heterocycles. The highest BCUT2D eigenvalue weighted by atomic mass is 16.5. The van der Waals surface area contributed by atoms with E-state index < -0.39 is 0 Å². The van der Waals surface area contributed by atoms with Crippen LogP contribution in [0.2, 0.25) is 0 Å². The van der Waals surface area contributed by atoms with Crippen molar-refractivity contribution in [1.29, 1.82) is 0 Å². The minimum Gasteiger partial charge on any atom is -0.507 e. The Hall–Kier alpha value is -1.35. The monoisotopic (exact) mass is 205 g/mol. The van der Waals surface area contributed by atoms with E-state index in [1.54, 1.807) is 12.1 Å². The Labute approximate surface area is 89.4 Å². The molecule has 1 N–H and O–H groups in total. The van der Waals surface area contributed by atoms with E-state index in [0.29, 0.717) is 0 Å². The first kappa shape index (κ1) is 10.2. The molecule has 1 heterocycles. The average molecular weight is 205 g/mol. The zero-order valence-electron chi connectivity index (χ0n) is 9.19. The number of hydrogen-bond donors (Lipinski definition) is 1. The molecule has 0 amide bonds. The van der Waals surface area contributed by atoms with Crippen LogP contribution in [-0.4, -0.2) is 16.4 Å². The Morgan fingerprint density at radius 3 is 2.53 bits per heavy atom. The summed E-state index contributed by atoms with van der Waals surface area (Å²) in [5, 5.41) is 9.68. The second kappa shape index (κ2) is 3.35. The highest BCUT2D eigenvalue weighted by Crippen LogP contribution is 2.36. The van der Waals surface area contributed by atoms with Crippen molar-refractivity contribution >= 4 is 5.71 Å². The van der Waals surface area contributed by atoms with Crippen LogP contribution in [0.4, 0.5) is 0 Å². The summed E-state index contributed by atoms with van der Waals surface area (Å²) in [7, 11) is 0. The van der Waals surface area contributed by atoms with Gasteiger partial charge < -0.3 is 9.84 Å². The Morgan fingerprint density at radius 1 is 1.33 bits per heavy atom. The van der Waals surface area contributed by atoms with Crippen LogP contribution in [0.5, 0.6) is 5.75 Å². The first-order valence-electron chi connectivity index (χ1n) is 5.01. The number of phenols is 1. The number of para-hydroxylation sites is 1. The molecule has 1 unspecified atom stereocenters. The molecule has 2 rings (SSSR count). The number of phenolic OH excluding ortho intramolecular Hbond substituents is 1. The maximum atomic E-state index is 9.68. The molecule has 1 aliphatic heterocycles. The fourth-order valence-electron chi connectivity index (χ4n) is 1.55. The molecule has 0 fully saturated rings. The van der Waals surface area contributed by atoms with Gasteiger partial charge in [-0.1, -0.05) is 18.2 Å². The molecular weight excluding hydrogens is 190 g/mol. The van der Waals surface area contributed by atoms with Gasteiger partial charge in [0.2, 0.25) is 0 Å². The maximum absolute atomic E-state index is 9.68. The van der Waals surface area contributed by atoms with Gasteiger partial charge in [0.05, 0.1) is 0 Å². The summed E-state index contributed by atoms with van der Waals surface area (Å²) in [4.78, 5) is 4.41. The van der Waals surface area contributed by atoms with E-state index in [1.807, 2.05) is 32.9 Å². The van der Waals surface area contributed by atoms with Gasteiger partial charge in [-0.05, 0) is 26.8 Å². The van der Waals surface area contributed by atoms with Crippen molar-refractivity contribution in [2.45, 2.75) is 32.6 Å². The molecule has 0 aliphatic carbocycles. The molecule has 3 heteroatoms. The van der Waals surface area contributed by atoms with Gasteiger partial charge in [-0.15, -0.1) is 0 Å². The Bertz CT molecular complexity index is 410. The van der Waals surface area contributed by atoms with Crippen LogP contribution >= 0.6 is 0 Å². The van der Waals surface area contributed by atoms with Gasteiger partial charge in [0.15, 0.2) is 6.23 Å². The van der Waals surface area contributed by atoms with Crippen LogP contribution in [0.25, 0.3) is 0 Å². The zero-order valence-corrected chi connectivity index (χ0v) is 9.19. The van der Waals surface area contributed by atoms with Gasteiger partial charge in [0, 0.05) is 11.3 Å². The third kappa shape index (κ3) is 1.75. The van der Waals surface area contributed by atoms with Gasteiger partial charge in [0.25, 0.3) is 0 Å². The van der Waals surface area contributed by atoms with Crippen LogP contribution in [0.3, 0.4) is 0 Å². The number of aromatic hydroxyl groups is 1. The van der Waals surface area contributed by atoms with Crippen LogP contribution in [0, 0.1) is 0 Å². The predicted octanol–water partition coefficient (Wildman–Crippen LogP) is 2.66. The number of hydrogen-bond acceptors (Lipinski definition) is 3. The van der Waals surface area contributed by atoms with Gasteiger partial charge in [-0.2, -0.15) is 0 Å². The van der Waals surface area contributed by atoms with Crippen LogP contribution in [-0.2, 0) is 4.74 Å². The van der Waals surface area contributed by atoms with E-state index in [4.69, 9.17) is 4.74 Å². The van der Waals surface area contributed by atoms with Gasteiger partial charge in [0.1, 0.15) is 11.4 Å². The summed E-state index contributed by atoms with van der Waals surface area (Å²) in [5.74, 6) is 0.233. The quantitative estimate of drug-likeness (QED) is 0.765. The van der Waals surface area contributed by atoms with Crippen molar-refractivity contribution in [3.8, 4) is 5.75 Å². The molecule has 0 saturated carbocycles. The molecule has 80 valence electrons.